The van der Waals surface area contributed by atoms with E-state index in [9.17, 15) is 44.4 Å². The van der Waals surface area contributed by atoms with Crippen LogP contribution in [0.5, 0.6) is 0 Å². The molecule has 0 bridgehead atoms. The zero-order valence-electron chi connectivity index (χ0n) is 28.3. The van der Waals surface area contributed by atoms with Crippen LogP contribution in [0.1, 0.15) is 52.7 Å². The standard InChI is InChI=1S/C32H51N5O9.Gd/c1-31(2,3)23-7-8-24(32(4,5)6)25(17-23)37(22-30(45)46)26(38)18-33-9-11-34(19-27(39)40)13-15-36(21-29(43)44)16-14-35(12-10-33)20-28(41)42;/h7-8,17H,9-16,18-22H2,1-6H3,(H,39,40)(H,41,42)(H,43,44)(H,45,46);/q;+3. The summed E-state index contributed by atoms with van der Waals surface area (Å²) >= 11 is 0. The van der Waals surface area contributed by atoms with Crippen LogP contribution in [0.15, 0.2) is 18.2 Å². The van der Waals surface area contributed by atoms with Gasteiger partial charge in [-0.3, -0.25) is 48.5 Å². The van der Waals surface area contributed by atoms with Crippen LogP contribution in [0.4, 0.5) is 5.69 Å². The minimum atomic E-state index is -1.17. The van der Waals surface area contributed by atoms with Gasteiger partial charge in [0.05, 0.1) is 26.2 Å². The van der Waals surface area contributed by atoms with E-state index in [1.165, 1.54) is 4.90 Å². The van der Waals surface area contributed by atoms with Crippen molar-refractivity contribution in [3.8, 4) is 0 Å². The van der Waals surface area contributed by atoms with Crippen molar-refractivity contribution in [3.63, 3.8) is 0 Å². The van der Waals surface area contributed by atoms with E-state index in [4.69, 9.17) is 0 Å². The molecule has 1 aromatic rings. The molecule has 0 unspecified atom stereocenters. The SMILES string of the molecule is CC(C)(C)c1ccc(C(C)(C)C)c(N(CC(=O)O)C(=O)CN2CCN(CC(=O)O)CCN(CC(=O)O)CCN(CC(=O)O)CC2)c1.[Gd+3]. The topological polar surface area (TPSA) is 182 Å². The first kappa shape index (κ1) is 42.8. The first-order valence-corrected chi connectivity index (χ1v) is 15.5. The molecule has 1 aliphatic heterocycles. The van der Waals surface area contributed by atoms with Gasteiger partial charge in [-0.2, -0.15) is 0 Å². The second-order valence-electron chi connectivity index (χ2n) is 13.9. The van der Waals surface area contributed by atoms with E-state index in [2.05, 4.69) is 0 Å². The summed E-state index contributed by atoms with van der Waals surface area (Å²) in [6.45, 7) is 12.5. The van der Waals surface area contributed by atoms with Crippen LogP contribution in [-0.4, -0.2) is 155 Å². The quantitative estimate of drug-likeness (QED) is 0.251. The zero-order valence-corrected chi connectivity index (χ0v) is 30.6. The number of carboxylic acids is 4. The molecule has 0 atom stereocenters. The predicted octanol–water partition coefficient (Wildman–Crippen LogP) is 1.17. The number of amides is 1. The molecular formula is C32H51GdN5O9+3. The minimum absolute atomic E-state index is 0. The van der Waals surface area contributed by atoms with Gasteiger partial charge in [0, 0.05) is 58.0 Å². The second kappa shape index (κ2) is 19.1. The molecule has 1 fully saturated rings. The summed E-state index contributed by atoms with van der Waals surface area (Å²) in [5.74, 6) is -4.76. The monoisotopic (exact) mass is 807 g/mol. The summed E-state index contributed by atoms with van der Waals surface area (Å²) in [6, 6.07) is 5.81. The van der Waals surface area contributed by atoms with Gasteiger partial charge < -0.3 is 20.4 Å². The zero-order chi connectivity index (χ0) is 34.8. The number of anilines is 1. The largest absolute Gasteiger partial charge is 3.00 e. The Morgan fingerprint density at radius 1 is 0.596 bits per heavy atom. The number of nitrogens with zero attached hydrogens (tertiary/aromatic N) is 5. The first-order chi connectivity index (χ1) is 21.3. The maximum atomic E-state index is 14.1. The molecule has 0 aromatic heterocycles. The normalized spacial score (nSPS) is 16.7. The molecule has 2 rings (SSSR count). The number of hydrogen-bond acceptors (Lipinski definition) is 9. The summed E-state index contributed by atoms with van der Waals surface area (Å²) in [4.78, 5) is 68.9. The van der Waals surface area contributed by atoms with E-state index in [0.29, 0.717) is 5.69 Å². The smallest absolute Gasteiger partial charge is 0.480 e. The number of rotatable bonds is 11. The Hall–Kier alpha value is -2.27. The molecule has 1 heterocycles. The van der Waals surface area contributed by atoms with E-state index in [1.807, 2.05) is 59.7 Å². The van der Waals surface area contributed by atoms with E-state index >= 15 is 0 Å². The van der Waals surface area contributed by atoms with Crippen LogP contribution in [0, 0.1) is 39.9 Å². The molecule has 1 aromatic carbocycles. The van der Waals surface area contributed by atoms with Crippen LogP contribution >= 0.6 is 0 Å². The van der Waals surface area contributed by atoms with Gasteiger partial charge >= 0.3 is 63.8 Å². The molecule has 1 radical (unpaired) electrons. The van der Waals surface area contributed by atoms with Gasteiger partial charge in [0.25, 0.3) is 0 Å². The Morgan fingerprint density at radius 3 is 1.26 bits per heavy atom. The van der Waals surface area contributed by atoms with Crippen molar-refractivity contribution < 1.29 is 84.3 Å². The number of benzene rings is 1. The number of carbonyl (C=O) groups excluding carboxylic acids is 1. The fraction of sp³-hybridized carbons (Fsp3) is 0.656. The van der Waals surface area contributed by atoms with Crippen molar-refractivity contribution >= 4 is 35.5 Å². The summed E-state index contributed by atoms with van der Waals surface area (Å²) in [5.41, 5.74) is 1.60. The Balaban J connectivity index is 0.0000110. The van der Waals surface area contributed by atoms with Gasteiger partial charge in [-0.1, -0.05) is 53.7 Å². The maximum absolute atomic E-state index is 14.1. The van der Waals surface area contributed by atoms with Crippen molar-refractivity contribution in [1.29, 1.82) is 0 Å². The molecule has 4 N–H and O–H groups in total. The van der Waals surface area contributed by atoms with Crippen molar-refractivity contribution in [2.45, 2.75) is 52.4 Å². The fourth-order valence-corrected chi connectivity index (χ4v) is 5.36. The van der Waals surface area contributed by atoms with E-state index < -0.39 is 41.7 Å². The molecule has 0 aliphatic carbocycles. The van der Waals surface area contributed by atoms with Gasteiger partial charge in [-0.05, 0) is 28.0 Å². The molecule has 15 heteroatoms. The van der Waals surface area contributed by atoms with Gasteiger partial charge in [0.1, 0.15) is 6.54 Å². The van der Waals surface area contributed by atoms with Crippen molar-refractivity contribution in [2.75, 3.05) is 90.0 Å². The summed E-state index contributed by atoms with van der Waals surface area (Å²) in [5, 5.41) is 38.2. The summed E-state index contributed by atoms with van der Waals surface area (Å²) in [6.07, 6.45) is 0. The average molecular weight is 807 g/mol. The molecular weight excluding hydrogens is 756 g/mol. The number of carbonyl (C=O) groups is 5. The molecule has 263 valence electrons. The van der Waals surface area contributed by atoms with Crippen LogP contribution in [0.3, 0.4) is 0 Å². The van der Waals surface area contributed by atoms with Crippen LogP contribution in [0.2, 0.25) is 0 Å². The van der Waals surface area contributed by atoms with Crippen LogP contribution < -0.4 is 4.90 Å². The second-order valence-corrected chi connectivity index (χ2v) is 13.9. The van der Waals surface area contributed by atoms with E-state index in [-0.39, 0.29) is 124 Å². The maximum Gasteiger partial charge on any atom is 3.00 e. The molecule has 0 spiro atoms. The fourth-order valence-electron chi connectivity index (χ4n) is 5.36. The number of aliphatic carboxylic acids is 4. The number of hydrogen-bond donors (Lipinski definition) is 4. The van der Waals surface area contributed by atoms with Crippen molar-refractivity contribution in [1.82, 2.24) is 19.6 Å². The summed E-state index contributed by atoms with van der Waals surface area (Å²) < 4.78 is 0. The summed E-state index contributed by atoms with van der Waals surface area (Å²) in [7, 11) is 0. The van der Waals surface area contributed by atoms with Gasteiger partial charge in [0.2, 0.25) is 5.91 Å². The van der Waals surface area contributed by atoms with E-state index in [0.717, 1.165) is 11.1 Å². The third-order valence-electron chi connectivity index (χ3n) is 7.92. The third kappa shape index (κ3) is 15.2. The van der Waals surface area contributed by atoms with Gasteiger partial charge in [0.15, 0.2) is 0 Å². The van der Waals surface area contributed by atoms with Gasteiger partial charge in [-0.15, -0.1) is 0 Å². The van der Waals surface area contributed by atoms with Crippen molar-refractivity contribution in [2.24, 2.45) is 0 Å². The average Bonchev–Trinajstić information content (AvgIpc) is 2.90. The Kier molecular flexibility index (Phi) is 17.3. The Labute approximate surface area is 309 Å². The minimum Gasteiger partial charge on any atom is -0.480 e. The first-order valence-electron chi connectivity index (χ1n) is 15.5. The van der Waals surface area contributed by atoms with E-state index in [1.54, 1.807) is 19.6 Å². The Morgan fingerprint density at radius 2 is 0.957 bits per heavy atom. The third-order valence-corrected chi connectivity index (χ3v) is 7.92. The van der Waals surface area contributed by atoms with Crippen molar-refractivity contribution in [3.05, 3.63) is 29.3 Å². The molecule has 47 heavy (non-hydrogen) atoms. The number of carboxylic acid groups (broad SMARTS) is 4. The molecule has 14 nitrogen and oxygen atoms in total. The molecule has 1 aliphatic rings. The molecule has 1 amide bonds. The van der Waals surface area contributed by atoms with Gasteiger partial charge in [-0.25, -0.2) is 0 Å². The molecule has 1 saturated heterocycles. The molecule has 0 saturated carbocycles. The van der Waals surface area contributed by atoms with Crippen LogP contribution in [0.25, 0.3) is 0 Å². The predicted molar refractivity (Wildman–Crippen MR) is 172 cm³/mol. The van der Waals surface area contributed by atoms with Crippen LogP contribution in [-0.2, 0) is 34.8 Å². The Bertz CT molecular complexity index is 1220.